The van der Waals surface area contributed by atoms with Crippen LogP contribution in [0.15, 0.2) is 24.3 Å². The first-order valence-corrected chi connectivity index (χ1v) is 7.43. The van der Waals surface area contributed by atoms with Crippen LogP contribution in [-0.4, -0.2) is 31.6 Å². The minimum Gasteiger partial charge on any atom is -0.370 e. The van der Waals surface area contributed by atoms with Crippen molar-refractivity contribution in [3.8, 4) is 0 Å². The third-order valence-corrected chi connectivity index (χ3v) is 3.37. The summed E-state index contributed by atoms with van der Waals surface area (Å²) < 4.78 is 0. The monoisotopic (exact) mass is 277 g/mol. The second-order valence-electron chi connectivity index (χ2n) is 5.10. The first-order chi connectivity index (χ1) is 9.58. The molecule has 20 heavy (non-hydrogen) atoms. The number of carbonyl (C=O) groups excluding carboxylic acids is 1. The lowest BCUT2D eigenvalue weighted by molar-refractivity contribution is -0.122. The molecule has 0 fully saturated rings. The summed E-state index contributed by atoms with van der Waals surface area (Å²) >= 11 is 0. The number of aryl methyl sites for hydroxylation is 1. The van der Waals surface area contributed by atoms with Gasteiger partial charge in [0.15, 0.2) is 0 Å². The number of hydrogen-bond donors (Lipinski definition) is 2. The van der Waals surface area contributed by atoms with Crippen molar-refractivity contribution >= 4 is 11.6 Å². The molecule has 1 aromatic carbocycles. The molecule has 0 heterocycles. The number of anilines is 1. The number of nitrogens with two attached hydrogens (primary N) is 1. The molecule has 1 unspecified atom stereocenters. The number of hydrogen-bond acceptors (Lipinski definition) is 3. The molecule has 4 heteroatoms. The third kappa shape index (κ3) is 5.21. The van der Waals surface area contributed by atoms with Gasteiger partial charge in [-0.05, 0) is 38.0 Å². The highest BCUT2D eigenvalue weighted by atomic mass is 16.2. The molecule has 0 bridgehead atoms. The van der Waals surface area contributed by atoms with E-state index in [1.54, 1.807) is 0 Å². The standard InChI is InChI=1S/C16H27N3O/c1-4-7-15(17)16(20)18-10-11-19(5-2)14-9-6-8-13(3)12-14/h6,8-9,12,15H,4-5,7,10-11,17H2,1-3H3,(H,18,20). The second kappa shape index (κ2) is 8.59. The fraction of sp³-hybridized carbons (Fsp3) is 0.562. The van der Waals surface area contributed by atoms with Crippen LogP contribution in [0.4, 0.5) is 5.69 Å². The molecule has 0 aromatic heterocycles. The number of carbonyl (C=O) groups is 1. The van der Waals surface area contributed by atoms with Gasteiger partial charge >= 0.3 is 0 Å². The summed E-state index contributed by atoms with van der Waals surface area (Å²) in [4.78, 5) is 14.0. The van der Waals surface area contributed by atoms with E-state index in [-0.39, 0.29) is 11.9 Å². The summed E-state index contributed by atoms with van der Waals surface area (Å²) in [5.41, 5.74) is 8.22. The molecule has 1 aromatic rings. The second-order valence-corrected chi connectivity index (χ2v) is 5.10. The van der Waals surface area contributed by atoms with Crippen LogP contribution in [0, 0.1) is 6.92 Å². The molecule has 0 aliphatic carbocycles. The largest absolute Gasteiger partial charge is 0.370 e. The first kappa shape index (κ1) is 16.5. The Hall–Kier alpha value is -1.55. The molecule has 1 rings (SSSR count). The van der Waals surface area contributed by atoms with Crippen molar-refractivity contribution in [2.75, 3.05) is 24.5 Å². The van der Waals surface area contributed by atoms with Crippen molar-refractivity contribution in [3.63, 3.8) is 0 Å². The molecule has 0 aliphatic heterocycles. The lowest BCUT2D eigenvalue weighted by atomic mass is 10.1. The normalized spacial score (nSPS) is 12.0. The van der Waals surface area contributed by atoms with Gasteiger partial charge in [-0.15, -0.1) is 0 Å². The first-order valence-electron chi connectivity index (χ1n) is 7.43. The van der Waals surface area contributed by atoms with Crippen LogP contribution in [-0.2, 0) is 4.79 Å². The maximum atomic E-state index is 11.7. The van der Waals surface area contributed by atoms with E-state index in [4.69, 9.17) is 5.73 Å². The van der Waals surface area contributed by atoms with Gasteiger partial charge in [0.05, 0.1) is 6.04 Å². The Bertz CT molecular complexity index is 420. The van der Waals surface area contributed by atoms with Crippen LogP contribution in [0.2, 0.25) is 0 Å². The zero-order valence-corrected chi connectivity index (χ0v) is 12.9. The van der Waals surface area contributed by atoms with Crippen molar-refractivity contribution in [1.29, 1.82) is 0 Å². The van der Waals surface area contributed by atoms with E-state index in [0.29, 0.717) is 6.54 Å². The third-order valence-electron chi connectivity index (χ3n) is 3.37. The van der Waals surface area contributed by atoms with Crippen molar-refractivity contribution in [2.24, 2.45) is 5.73 Å². The molecule has 1 atom stereocenters. The van der Waals surface area contributed by atoms with Crippen LogP contribution in [0.1, 0.15) is 32.3 Å². The van der Waals surface area contributed by atoms with E-state index in [0.717, 1.165) is 25.9 Å². The summed E-state index contributed by atoms with van der Waals surface area (Å²) in [6.07, 6.45) is 1.67. The Kier molecular flexibility index (Phi) is 7.09. The van der Waals surface area contributed by atoms with E-state index < -0.39 is 0 Å². The van der Waals surface area contributed by atoms with Crippen molar-refractivity contribution in [1.82, 2.24) is 5.32 Å². The molecular weight excluding hydrogens is 250 g/mol. The van der Waals surface area contributed by atoms with Crippen molar-refractivity contribution in [3.05, 3.63) is 29.8 Å². The van der Waals surface area contributed by atoms with Gasteiger partial charge < -0.3 is 16.0 Å². The maximum absolute atomic E-state index is 11.7. The van der Waals surface area contributed by atoms with Gasteiger partial charge in [0.25, 0.3) is 0 Å². The molecule has 0 aliphatic rings. The zero-order valence-electron chi connectivity index (χ0n) is 12.9. The van der Waals surface area contributed by atoms with Crippen LogP contribution >= 0.6 is 0 Å². The number of amides is 1. The molecule has 3 N–H and O–H groups in total. The lowest BCUT2D eigenvalue weighted by Crippen LogP contribution is -2.43. The Morgan fingerprint density at radius 1 is 1.40 bits per heavy atom. The minimum atomic E-state index is -0.381. The zero-order chi connectivity index (χ0) is 15.0. The molecule has 0 radical (unpaired) electrons. The van der Waals surface area contributed by atoms with Crippen LogP contribution < -0.4 is 16.0 Å². The van der Waals surface area contributed by atoms with Gasteiger partial charge in [-0.2, -0.15) is 0 Å². The number of nitrogens with zero attached hydrogens (tertiary/aromatic N) is 1. The van der Waals surface area contributed by atoms with Gasteiger partial charge in [0.2, 0.25) is 5.91 Å². The number of likely N-dealkylation sites (N-methyl/N-ethyl adjacent to an activating group) is 1. The lowest BCUT2D eigenvalue weighted by Gasteiger charge is -2.24. The number of benzene rings is 1. The summed E-state index contributed by atoms with van der Waals surface area (Å²) in [5.74, 6) is -0.0489. The smallest absolute Gasteiger partial charge is 0.236 e. The predicted molar refractivity (Wildman–Crippen MR) is 85.0 cm³/mol. The van der Waals surface area contributed by atoms with E-state index >= 15 is 0 Å². The Morgan fingerprint density at radius 3 is 2.75 bits per heavy atom. The molecule has 1 amide bonds. The van der Waals surface area contributed by atoms with Crippen molar-refractivity contribution in [2.45, 2.75) is 39.7 Å². The van der Waals surface area contributed by atoms with Crippen LogP contribution in [0.25, 0.3) is 0 Å². The fourth-order valence-electron chi connectivity index (χ4n) is 2.18. The topological polar surface area (TPSA) is 58.4 Å². The molecule has 0 saturated carbocycles. The van der Waals surface area contributed by atoms with Crippen molar-refractivity contribution < 1.29 is 4.79 Å². The number of nitrogens with one attached hydrogen (secondary N) is 1. The van der Waals surface area contributed by atoms with Gasteiger partial charge in [-0.3, -0.25) is 4.79 Å². The summed E-state index contributed by atoms with van der Waals surface area (Å²) in [6, 6.07) is 8.02. The molecule has 0 spiro atoms. The average molecular weight is 277 g/mol. The predicted octanol–water partition coefficient (Wildman–Crippen LogP) is 2.06. The molecule has 112 valence electrons. The quantitative estimate of drug-likeness (QED) is 0.765. The Balaban J connectivity index is 2.44. The Labute approximate surface area is 122 Å². The van der Waals surface area contributed by atoms with Gasteiger partial charge in [-0.25, -0.2) is 0 Å². The van der Waals surface area contributed by atoms with Crippen LogP contribution in [0.3, 0.4) is 0 Å². The van der Waals surface area contributed by atoms with Gasteiger partial charge in [-0.1, -0.05) is 25.5 Å². The highest BCUT2D eigenvalue weighted by Gasteiger charge is 2.12. The minimum absolute atomic E-state index is 0.0489. The van der Waals surface area contributed by atoms with Gasteiger partial charge in [0, 0.05) is 25.3 Å². The number of rotatable bonds is 8. The Morgan fingerprint density at radius 2 is 2.15 bits per heavy atom. The SMILES string of the molecule is CCCC(N)C(=O)NCCN(CC)c1cccc(C)c1. The molecule has 0 saturated heterocycles. The van der Waals surface area contributed by atoms with Crippen LogP contribution in [0.5, 0.6) is 0 Å². The summed E-state index contributed by atoms with van der Waals surface area (Å²) in [6.45, 7) is 8.57. The maximum Gasteiger partial charge on any atom is 0.236 e. The van der Waals surface area contributed by atoms with E-state index in [1.807, 2.05) is 6.92 Å². The highest BCUT2D eigenvalue weighted by Crippen LogP contribution is 2.14. The van der Waals surface area contributed by atoms with Gasteiger partial charge in [0.1, 0.15) is 0 Å². The summed E-state index contributed by atoms with van der Waals surface area (Å²) in [7, 11) is 0. The van der Waals surface area contributed by atoms with E-state index in [9.17, 15) is 4.79 Å². The van der Waals surface area contributed by atoms with E-state index in [2.05, 4.69) is 48.3 Å². The highest BCUT2D eigenvalue weighted by molar-refractivity contribution is 5.81. The fourth-order valence-corrected chi connectivity index (χ4v) is 2.18. The average Bonchev–Trinajstić information content (AvgIpc) is 2.43. The van der Waals surface area contributed by atoms with E-state index in [1.165, 1.54) is 11.3 Å². The molecule has 4 nitrogen and oxygen atoms in total. The summed E-state index contributed by atoms with van der Waals surface area (Å²) in [5, 5.41) is 2.91. The molecular formula is C16H27N3O.